The third-order valence-corrected chi connectivity index (χ3v) is 6.44. The lowest BCUT2D eigenvalue weighted by atomic mass is 9.96. The number of anilines is 1. The zero-order chi connectivity index (χ0) is 22.7. The SMILES string of the molecule is C/C=C\C=C(/C(=O)CC)c1c(C=O)n(Cc2ccccc2NC)c2ccc3scnc3c12. The van der Waals surface area contributed by atoms with Crippen LogP contribution in [0.1, 0.15) is 41.9 Å². The molecule has 0 atom stereocenters. The topological polar surface area (TPSA) is 64.0 Å². The summed E-state index contributed by atoms with van der Waals surface area (Å²) in [4.78, 5) is 30.1. The van der Waals surface area contributed by atoms with E-state index in [9.17, 15) is 9.59 Å². The molecule has 0 saturated heterocycles. The number of nitrogens with zero attached hydrogens (tertiary/aromatic N) is 2. The van der Waals surface area contributed by atoms with Gasteiger partial charge in [-0.15, -0.1) is 11.3 Å². The number of para-hydroxylation sites is 1. The number of carbonyl (C=O) groups excluding carboxylic acids is 2. The zero-order valence-electron chi connectivity index (χ0n) is 18.4. The number of Topliss-reactive ketones (excluding diaryl/α,β-unsaturated/α-hetero) is 1. The van der Waals surface area contributed by atoms with Crippen molar-refractivity contribution in [3.63, 3.8) is 0 Å². The summed E-state index contributed by atoms with van der Waals surface area (Å²) in [6.07, 6.45) is 6.75. The van der Waals surface area contributed by atoms with E-state index in [-0.39, 0.29) is 5.78 Å². The largest absolute Gasteiger partial charge is 0.388 e. The number of fused-ring (bicyclic) bond motifs is 3. The van der Waals surface area contributed by atoms with Gasteiger partial charge in [-0.3, -0.25) is 9.59 Å². The molecule has 2 heterocycles. The van der Waals surface area contributed by atoms with Crippen molar-refractivity contribution in [1.29, 1.82) is 0 Å². The lowest BCUT2D eigenvalue weighted by molar-refractivity contribution is -0.113. The number of carbonyl (C=O) groups is 2. The second-order valence-electron chi connectivity index (χ2n) is 7.41. The number of aldehydes is 1. The van der Waals surface area contributed by atoms with Gasteiger partial charge in [-0.05, 0) is 30.7 Å². The third-order valence-electron chi connectivity index (χ3n) is 5.64. The fraction of sp³-hybridized carbons (Fsp3) is 0.192. The summed E-state index contributed by atoms with van der Waals surface area (Å²) in [5.41, 5.74) is 7.26. The molecular formula is C26H25N3O2S. The number of hydrogen-bond donors (Lipinski definition) is 1. The Labute approximate surface area is 191 Å². The standard InChI is InChI=1S/C26H25N3O2S/c1-4-6-10-18(22(31)5-2)24-21(15-30)29(14-17-9-7-8-11-19(17)27-3)20-12-13-23-26(25(20)24)28-16-32-23/h4,6-13,15-16,27H,5,14H2,1-3H3/b6-4-,18-10+. The smallest absolute Gasteiger partial charge is 0.167 e. The van der Waals surface area contributed by atoms with Gasteiger partial charge < -0.3 is 9.88 Å². The maximum Gasteiger partial charge on any atom is 0.167 e. The van der Waals surface area contributed by atoms with Crippen LogP contribution in [0.25, 0.3) is 26.7 Å². The summed E-state index contributed by atoms with van der Waals surface area (Å²) < 4.78 is 3.03. The van der Waals surface area contributed by atoms with Crippen LogP contribution in [0, 0.1) is 0 Å². The molecule has 0 aliphatic carbocycles. The minimum atomic E-state index is -0.00638. The van der Waals surface area contributed by atoms with E-state index in [2.05, 4.69) is 10.3 Å². The Morgan fingerprint density at radius 3 is 2.75 bits per heavy atom. The molecule has 5 nitrogen and oxygen atoms in total. The van der Waals surface area contributed by atoms with Gasteiger partial charge in [-0.1, -0.05) is 43.4 Å². The summed E-state index contributed by atoms with van der Waals surface area (Å²) in [6.45, 7) is 4.24. The first-order valence-electron chi connectivity index (χ1n) is 10.6. The van der Waals surface area contributed by atoms with Crippen molar-refractivity contribution in [2.75, 3.05) is 12.4 Å². The first-order valence-corrected chi connectivity index (χ1v) is 11.5. The number of aromatic nitrogens is 2. The van der Waals surface area contributed by atoms with Crippen molar-refractivity contribution in [2.24, 2.45) is 0 Å². The summed E-state index contributed by atoms with van der Waals surface area (Å²) in [5, 5.41) is 4.08. The maximum atomic E-state index is 13.0. The number of rotatable bonds is 8. The van der Waals surface area contributed by atoms with Crippen LogP contribution in [0.5, 0.6) is 0 Å². The molecule has 162 valence electrons. The number of benzene rings is 2. The highest BCUT2D eigenvalue weighted by atomic mass is 32.1. The number of ketones is 1. The van der Waals surface area contributed by atoms with E-state index in [0.717, 1.165) is 38.7 Å². The Morgan fingerprint density at radius 1 is 1.22 bits per heavy atom. The molecule has 0 aliphatic heterocycles. The highest BCUT2D eigenvalue weighted by Gasteiger charge is 2.25. The number of allylic oxidation sites excluding steroid dienone is 4. The molecule has 32 heavy (non-hydrogen) atoms. The molecule has 6 heteroatoms. The molecular weight excluding hydrogens is 418 g/mol. The number of nitrogens with one attached hydrogen (secondary N) is 1. The van der Waals surface area contributed by atoms with Crippen molar-refractivity contribution < 1.29 is 9.59 Å². The van der Waals surface area contributed by atoms with E-state index >= 15 is 0 Å². The van der Waals surface area contributed by atoms with Crippen LogP contribution >= 0.6 is 11.3 Å². The highest BCUT2D eigenvalue weighted by Crippen LogP contribution is 2.38. The first-order chi connectivity index (χ1) is 15.6. The van der Waals surface area contributed by atoms with Gasteiger partial charge in [0.2, 0.25) is 0 Å². The Bertz CT molecular complexity index is 1370. The van der Waals surface area contributed by atoms with Crippen molar-refractivity contribution in [3.05, 3.63) is 77.0 Å². The zero-order valence-corrected chi connectivity index (χ0v) is 19.2. The number of thiazole rings is 1. The van der Waals surface area contributed by atoms with Gasteiger partial charge in [0, 0.05) is 35.7 Å². The van der Waals surface area contributed by atoms with E-state index in [4.69, 9.17) is 0 Å². The molecule has 0 spiro atoms. The van der Waals surface area contributed by atoms with Gasteiger partial charge in [-0.25, -0.2) is 4.98 Å². The van der Waals surface area contributed by atoms with Crippen LogP contribution < -0.4 is 5.32 Å². The average Bonchev–Trinajstić information content (AvgIpc) is 3.42. The van der Waals surface area contributed by atoms with Crippen molar-refractivity contribution in [3.8, 4) is 0 Å². The summed E-state index contributed by atoms with van der Waals surface area (Å²) in [6, 6.07) is 12.1. The lowest BCUT2D eigenvalue weighted by Crippen LogP contribution is -2.08. The van der Waals surface area contributed by atoms with Crippen molar-refractivity contribution >= 4 is 55.8 Å². The Hall–Kier alpha value is -3.51. The van der Waals surface area contributed by atoms with Gasteiger partial charge in [-0.2, -0.15) is 0 Å². The second kappa shape index (κ2) is 9.32. The molecule has 0 bridgehead atoms. The van der Waals surface area contributed by atoms with Gasteiger partial charge >= 0.3 is 0 Å². The van der Waals surface area contributed by atoms with Crippen molar-refractivity contribution in [1.82, 2.24) is 9.55 Å². The first kappa shape index (κ1) is 21.7. The molecule has 4 rings (SSSR count). The van der Waals surface area contributed by atoms with E-state index in [1.54, 1.807) is 16.8 Å². The quantitative estimate of drug-likeness (QED) is 0.203. The molecule has 0 aliphatic rings. The molecule has 0 fully saturated rings. The molecule has 2 aromatic carbocycles. The Morgan fingerprint density at radius 2 is 2.03 bits per heavy atom. The van der Waals surface area contributed by atoms with E-state index < -0.39 is 0 Å². The van der Waals surface area contributed by atoms with Crippen LogP contribution in [0.15, 0.2) is 60.1 Å². The molecule has 0 unspecified atom stereocenters. The normalized spacial score (nSPS) is 12.2. The van der Waals surface area contributed by atoms with E-state index in [0.29, 0.717) is 29.8 Å². The molecule has 0 saturated carbocycles. The van der Waals surface area contributed by atoms with Crippen LogP contribution in [0.4, 0.5) is 5.69 Å². The third kappa shape index (κ3) is 3.67. The van der Waals surface area contributed by atoms with Crippen LogP contribution in [-0.2, 0) is 11.3 Å². The Balaban J connectivity index is 2.10. The highest BCUT2D eigenvalue weighted by molar-refractivity contribution is 7.16. The van der Waals surface area contributed by atoms with Crippen molar-refractivity contribution in [2.45, 2.75) is 26.8 Å². The molecule has 0 amide bonds. The van der Waals surface area contributed by atoms with Gasteiger partial charge in [0.15, 0.2) is 12.1 Å². The molecule has 4 aromatic rings. The predicted molar refractivity (Wildman–Crippen MR) is 134 cm³/mol. The lowest BCUT2D eigenvalue weighted by Gasteiger charge is -2.13. The van der Waals surface area contributed by atoms with Crippen LogP contribution in [-0.4, -0.2) is 28.7 Å². The number of hydrogen-bond acceptors (Lipinski definition) is 5. The molecule has 1 N–H and O–H groups in total. The monoisotopic (exact) mass is 443 g/mol. The van der Waals surface area contributed by atoms with Crippen LogP contribution in [0.2, 0.25) is 0 Å². The second-order valence-corrected chi connectivity index (χ2v) is 8.30. The predicted octanol–water partition coefficient (Wildman–Crippen LogP) is 6.09. The molecule has 0 radical (unpaired) electrons. The molecule has 2 aromatic heterocycles. The maximum absolute atomic E-state index is 13.0. The summed E-state index contributed by atoms with van der Waals surface area (Å²) in [5.74, 6) is -0.00638. The summed E-state index contributed by atoms with van der Waals surface area (Å²) >= 11 is 1.55. The fourth-order valence-electron chi connectivity index (χ4n) is 4.12. The summed E-state index contributed by atoms with van der Waals surface area (Å²) in [7, 11) is 1.88. The average molecular weight is 444 g/mol. The Kier molecular flexibility index (Phi) is 6.32. The minimum absolute atomic E-state index is 0.00638. The van der Waals surface area contributed by atoms with Gasteiger partial charge in [0.25, 0.3) is 0 Å². The van der Waals surface area contributed by atoms with E-state index in [1.807, 2.05) is 80.1 Å². The van der Waals surface area contributed by atoms with Gasteiger partial charge in [0.05, 0.1) is 33.5 Å². The minimum Gasteiger partial charge on any atom is -0.388 e. The fourth-order valence-corrected chi connectivity index (χ4v) is 4.81. The van der Waals surface area contributed by atoms with E-state index in [1.165, 1.54) is 0 Å². The van der Waals surface area contributed by atoms with Gasteiger partial charge in [0.1, 0.15) is 0 Å². The van der Waals surface area contributed by atoms with Crippen LogP contribution in [0.3, 0.4) is 0 Å².